The summed E-state index contributed by atoms with van der Waals surface area (Å²) in [5, 5.41) is 9.73. The Hall–Kier alpha value is -2.41. The van der Waals surface area contributed by atoms with Crippen LogP contribution in [0.2, 0.25) is 0 Å². The highest BCUT2D eigenvalue weighted by Crippen LogP contribution is 2.32. The minimum absolute atomic E-state index is 0.661. The second-order valence-corrected chi connectivity index (χ2v) is 6.74. The van der Waals surface area contributed by atoms with E-state index in [0.29, 0.717) is 11.5 Å². The molecule has 1 aromatic carbocycles. The molecule has 7 nitrogen and oxygen atoms in total. The quantitative estimate of drug-likeness (QED) is 0.726. The fraction of sp³-hybridized carbons (Fsp3) is 0.500. The van der Waals surface area contributed by atoms with Crippen molar-refractivity contribution >= 4 is 16.6 Å². The monoisotopic (exact) mass is 341 g/mol. The number of piperidine rings is 1. The van der Waals surface area contributed by atoms with Gasteiger partial charge in [0.15, 0.2) is 23.0 Å². The number of hydrogen-bond acceptors (Lipinski definition) is 6. The highest BCUT2D eigenvalue weighted by atomic mass is 16.5. The van der Waals surface area contributed by atoms with Crippen LogP contribution in [0.4, 0.5) is 0 Å². The molecule has 1 saturated heterocycles. The predicted molar refractivity (Wildman–Crippen MR) is 95.1 cm³/mol. The Morgan fingerprint density at radius 2 is 1.80 bits per heavy atom. The topological polar surface area (TPSA) is 64.8 Å². The molecule has 132 valence electrons. The summed E-state index contributed by atoms with van der Waals surface area (Å²) in [6, 6.07) is 3.78. The van der Waals surface area contributed by atoms with Gasteiger partial charge in [-0.15, -0.1) is 10.2 Å². The maximum atomic E-state index is 5.41. The third-order valence-corrected chi connectivity index (χ3v) is 5.06. The van der Waals surface area contributed by atoms with Crippen molar-refractivity contribution in [2.45, 2.75) is 26.3 Å². The Balaban J connectivity index is 1.72. The number of rotatable bonds is 4. The molecule has 1 aliphatic rings. The lowest BCUT2D eigenvalue weighted by Gasteiger charge is -2.29. The minimum Gasteiger partial charge on any atom is -0.493 e. The number of nitrogens with zero attached hydrogens (tertiary/aromatic N) is 5. The first-order valence-electron chi connectivity index (χ1n) is 8.66. The number of ether oxygens (including phenoxy) is 2. The molecule has 2 aromatic heterocycles. The van der Waals surface area contributed by atoms with Gasteiger partial charge in [-0.25, -0.2) is 4.98 Å². The van der Waals surface area contributed by atoms with Crippen molar-refractivity contribution in [3.8, 4) is 11.5 Å². The summed E-state index contributed by atoms with van der Waals surface area (Å²) in [4.78, 5) is 7.00. The van der Waals surface area contributed by atoms with Crippen LogP contribution < -0.4 is 9.47 Å². The summed E-state index contributed by atoms with van der Waals surface area (Å²) in [6.07, 6.45) is 4.29. The molecular formula is C18H23N5O2. The van der Waals surface area contributed by atoms with E-state index in [0.717, 1.165) is 47.9 Å². The average Bonchev–Trinajstić information content (AvgIpc) is 3.05. The smallest absolute Gasteiger partial charge is 0.171 e. The molecule has 4 rings (SSSR count). The van der Waals surface area contributed by atoms with Crippen LogP contribution in [0.25, 0.3) is 16.6 Å². The zero-order valence-corrected chi connectivity index (χ0v) is 14.9. The molecule has 0 spiro atoms. The standard InChI is InChI=1S/C18H23N5O2/c1-12-4-6-22(7-5-12)10-17-20-21-18-13-8-15(24-2)16(25-3)9-14(13)19-11-23(17)18/h8-9,11-12H,4-7,10H2,1-3H3. The van der Waals surface area contributed by atoms with Gasteiger partial charge in [0.1, 0.15) is 6.33 Å². The molecule has 25 heavy (non-hydrogen) atoms. The summed E-state index contributed by atoms with van der Waals surface area (Å²) in [6.45, 7) is 5.35. The van der Waals surface area contributed by atoms with E-state index in [1.165, 1.54) is 12.8 Å². The van der Waals surface area contributed by atoms with Gasteiger partial charge in [-0.1, -0.05) is 6.92 Å². The van der Waals surface area contributed by atoms with Crippen molar-refractivity contribution in [2.24, 2.45) is 5.92 Å². The number of likely N-dealkylation sites (tertiary alicyclic amines) is 1. The summed E-state index contributed by atoms with van der Waals surface area (Å²) < 4.78 is 12.7. The fourth-order valence-corrected chi connectivity index (χ4v) is 3.43. The van der Waals surface area contributed by atoms with Crippen molar-refractivity contribution in [3.63, 3.8) is 0 Å². The number of benzene rings is 1. The first kappa shape index (κ1) is 16.1. The lowest BCUT2D eigenvalue weighted by atomic mass is 9.99. The molecular weight excluding hydrogens is 318 g/mol. The van der Waals surface area contributed by atoms with E-state index in [-0.39, 0.29) is 0 Å². The highest BCUT2D eigenvalue weighted by molar-refractivity contribution is 5.93. The van der Waals surface area contributed by atoms with Crippen LogP contribution in [0.1, 0.15) is 25.6 Å². The van der Waals surface area contributed by atoms with Gasteiger partial charge in [-0.2, -0.15) is 0 Å². The SMILES string of the molecule is COc1cc2ncn3c(CN4CCC(C)CC4)nnc3c2cc1OC. The Kier molecular flexibility index (Phi) is 4.17. The van der Waals surface area contributed by atoms with Crippen molar-refractivity contribution in [1.29, 1.82) is 0 Å². The van der Waals surface area contributed by atoms with Crippen LogP contribution in [-0.2, 0) is 6.54 Å². The van der Waals surface area contributed by atoms with Crippen LogP contribution >= 0.6 is 0 Å². The van der Waals surface area contributed by atoms with E-state index >= 15 is 0 Å². The van der Waals surface area contributed by atoms with Gasteiger partial charge in [0.2, 0.25) is 0 Å². The number of methoxy groups -OCH3 is 2. The molecule has 0 N–H and O–H groups in total. The van der Waals surface area contributed by atoms with E-state index < -0.39 is 0 Å². The zero-order valence-electron chi connectivity index (χ0n) is 14.9. The second-order valence-electron chi connectivity index (χ2n) is 6.74. The minimum atomic E-state index is 0.661. The van der Waals surface area contributed by atoms with E-state index in [1.807, 2.05) is 16.5 Å². The Bertz CT molecular complexity index is 899. The molecule has 0 amide bonds. The van der Waals surface area contributed by atoms with Gasteiger partial charge >= 0.3 is 0 Å². The molecule has 0 aliphatic carbocycles. The molecule has 0 atom stereocenters. The lowest BCUT2D eigenvalue weighted by Crippen LogP contribution is -2.33. The summed E-state index contributed by atoms with van der Waals surface area (Å²) in [5.41, 5.74) is 1.61. The number of hydrogen-bond donors (Lipinski definition) is 0. The highest BCUT2D eigenvalue weighted by Gasteiger charge is 2.19. The van der Waals surface area contributed by atoms with Gasteiger partial charge < -0.3 is 9.47 Å². The van der Waals surface area contributed by atoms with Crippen LogP contribution in [0.15, 0.2) is 18.5 Å². The van der Waals surface area contributed by atoms with Gasteiger partial charge in [0.25, 0.3) is 0 Å². The summed E-state index contributed by atoms with van der Waals surface area (Å²) in [7, 11) is 3.25. The third-order valence-electron chi connectivity index (χ3n) is 5.06. The second kappa shape index (κ2) is 6.48. The van der Waals surface area contributed by atoms with E-state index in [2.05, 4.69) is 27.0 Å². The van der Waals surface area contributed by atoms with Crippen LogP contribution in [-0.4, -0.2) is 51.8 Å². The first-order valence-corrected chi connectivity index (χ1v) is 8.66. The van der Waals surface area contributed by atoms with Crippen LogP contribution in [0, 0.1) is 5.92 Å². The van der Waals surface area contributed by atoms with Crippen molar-refractivity contribution in [1.82, 2.24) is 24.5 Å². The third kappa shape index (κ3) is 2.89. The fourth-order valence-electron chi connectivity index (χ4n) is 3.43. The van der Waals surface area contributed by atoms with Gasteiger partial charge in [-0.05, 0) is 37.9 Å². The van der Waals surface area contributed by atoms with Crippen molar-refractivity contribution < 1.29 is 9.47 Å². The molecule has 0 bridgehead atoms. The first-order chi connectivity index (χ1) is 12.2. The van der Waals surface area contributed by atoms with Gasteiger partial charge in [-0.3, -0.25) is 9.30 Å². The average molecular weight is 341 g/mol. The summed E-state index contributed by atoms with van der Waals surface area (Å²) in [5.74, 6) is 3.07. The molecule has 0 radical (unpaired) electrons. The van der Waals surface area contributed by atoms with Gasteiger partial charge in [0.05, 0.1) is 26.3 Å². The van der Waals surface area contributed by atoms with E-state index in [1.54, 1.807) is 20.5 Å². The molecule has 3 aromatic rings. The van der Waals surface area contributed by atoms with E-state index in [4.69, 9.17) is 9.47 Å². The van der Waals surface area contributed by atoms with Crippen molar-refractivity contribution in [3.05, 3.63) is 24.3 Å². The zero-order chi connectivity index (χ0) is 17.4. The number of fused-ring (bicyclic) bond motifs is 3. The molecule has 7 heteroatoms. The molecule has 0 unspecified atom stereocenters. The summed E-state index contributed by atoms with van der Waals surface area (Å²) >= 11 is 0. The Morgan fingerprint density at radius 1 is 1.08 bits per heavy atom. The predicted octanol–water partition coefficient (Wildman–Crippen LogP) is 2.53. The largest absolute Gasteiger partial charge is 0.493 e. The van der Waals surface area contributed by atoms with Gasteiger partial charge in [0, 0.05) is 11.5 Å². The van der Waals surface area contributed by atoms with Crippen molar-refractivity contribution in [2.75, 3.05) is 27.3 Å². The van der Waals surface area contributed by atoms with Crippen LogP contribution in [0.3, 0.4) is 0 Å². The molecule has 1 aliphatic heterocycles. The molecule has 3 heterocycles. The Morgan fingerprint density at radius 3 is 2.52 bits per heavy atom. The molecule has 1 fully saturated rings. The maximum absolute atomic E-state index is 5.41. The van der Waals surface area contributed by atoms with Crippen LogP contribution in [0.5, 0.6) is 11.5 Å². The lowest BCUT2D eigenvalue weighted by molar-refractivity contribution is 0.181. The normalized spacial score (nSPS) is 16.6. The number of aromatic nitrogens is 4. The molecule has 0 saturated carbocycles. The Labute approximate surface area is 146 Å². The maximum Gasteiger partial charge on any atom is 0.171 e. The van der Waals surface area contributed by atoms with E-state index in [9.17, 15) is 0 Å².